The molecule has 0 aliphatic carbocycles. The van der Waals surface area contributed by atoms with Crippen LogP contribution in [0.1, 0.15) is 23.1 Å². The van der Waals surface area contributed by atoms with Crippen LogP contribution in [0.3, 0.4) is 0 Å². The lowest BCUT2D eigenvalue weighted by molar-refractivity contribution is -0.132. The van der Waals surface area contributed by atoms with Gasteiger partial charge >= 0.3 is 0 Å². The summed E-state index contributed by atoms with van der Waals surface area (Å²) in [5, 5.41) is 0. The number of nitrogens with zero attached hydrogens (tertiary/aromatic N) is 1. The van der Waals surface area contributed by atoms with Crippen LogP contribution in [-0.4, -0.2) is 17.4 Å². The molecule has 21 heavy (non-hydrogen) atoms. The van der Waals surface area contributed by atoms with Gasteiger partial charge in [-0.25, -0.2) is 4.39 Å². The van der Waals surface area contributed by atoms with Gasteiger partial charge in [-0.15, -0.1) is 0 Å². The molecule has 0 spiro atoms. The molecule has 0 saturated carbocycles. The van der Waals surface area contributed by atoms with Crippen LogP contribution in [0.5, 0.6) is 0 Å². The number of aryl methyl sites for hydroxylation is 1. The summed E-state index contributed by atoms with van der Waals surface area (Å²) in [6, 6.07) is 14.7. The minimum Gasteiger partial charge on any atom is -0.338 e. The van der Waals surface area contributed by atoms with Crippen LogP contribution in [0, 0.1) is 5.82 Å². The van der Waals surface area contributed by atoms with Crippen LogP contribution >= 0.6 is 0 Å². The number of benzene rings is 2. The highest BCUT2D eigenvalue weighted by Gasteiger charge is 2.19. The minimum atomic E-state index is -0.244. The fourth-order valence-corrected chi connectivity index (χ4v) is 2.81. The molecule has 0 saturated heterocycles. The van der Waals surface area contributed by atoms with Gasteiger partial charge in [0.15, 0.2) is 0 Å². The molecule has 0 N–H and O–H groups in total. The first-order valence-corrected chi connectivity index (χ1v) is 7.31. The number of fused-ring (bicyclic) bond motifs is 1. The van der Waals surface area contributed by atoms with E-state index in [1.54, 1.807) is 6.07 Å². The van der Waals surface area contributed by atoms with Crippen molar-refractivity contribution in [2.24, 2.45) is 0 Å². The molecule has 2 nitrogen and oxygen atoms in total. The molecule has 1 heterocycles. The SMILES string of the molecule is O=C(CCc1cccc(F)c1)N1CCc2ccccc2C1. The van der Waals surface area contributed by atoms with Crippen molar-refractivity contribution < 1.29 is 9.18 Å². The van der Waals surface area contributed by atoms with Crippen molar-refractivity contribution in [2.75, 3.05) is 6.54 Å². The first kappa shape index (κ1) is 13.8. The number of hydrogen-bond donors (Lipinski definition) is 0. The van der Waals surface area contributed by atoms with Crippen molar-refractivity contribution in [1.82, 2.24) is 4.90 Å². The van der Waals surface area contributed by atoms with E-state index in [2.05, 4.69) is 12.1 Å². The molecule has 0 fully saturated rings. The lowest BCUT2D eigenvalue weighted by atomic mass is 9.99. The van der Waals surface area contributed by atoms with E-state index in [1.807, 2.05) is 23.1 Å². The molecule has 0 aromatic heterocycles. The Labute approximate surface area is 124 Å². The standard InChI is InChI=1S/C18H18FNO/c19-17-7-3-4-14(12-17)8-9-18(21)20-11-10-15-5-1-2-6-16(15)13-20/h1-7,12H,8-11,13H2. The van der Waals surface area contributed by atoms with Gasteiger partial charge in [0, 0.05) is 19.5 Å². The number of amides is 1. The summed E-state index contributed by atoms with van der Waals surface area (Å²) < 4.78 is 13.1. The third kappa shape index (κ3) is 3.30. The van der Waals surface area contributed by atoms with E-state index in [-0.39, 0.29) is 11.7 Å². The summed E-state index contributed by atoms with van der Waals surface area (Å²) in [6.07, 6.45) is 1.95. The van der Waals surface area contributed by atoms with E-state index >= 15 is 0 Å². The highest BCUT2D eigenvalue weighted by molar-refractivity contribution is 5.76. The third-order valence-corrected chi connectivity index (χ3v) is 4.00. The Kier molecular flexibility index (Phi) is 4.00. The zero-order valence-electron chi connectivity index (χ0n) is 11.9. The predicted molar refractivity (Wildman–Crippen MR) is 80.3 cm³/mol. The summed E-state index contributed by atoms with van der Waals surface area (Å²) in [4.78, 5) is 14.2. The molecule has 0 unspecified atom stereocenters. The maximum Gasteiger partial charge on any atom is 0.223 e. The summed E-state index contributed by atoms with van der Waals surface area (Å²) in [5.41, 5.74) is 3.45. The molecule has 3 heteroatoms. The average Bonchev–Trinajstić information content (AvgIpc) is 2.52. The zero-order chi connectivity index (χ0) is 14.7. The van der Waals surface area contributed by atoms with Gasteiger partial charge in [-0.2, -0.15) is 0 Å². The van der Waals surface area contributed by atoms with Crippen LogP contribution in [0.15, 0.2) is 48.5 Å². The third-order valence-electron chi connectivity index (χ3n) is 4.00. The van der Waals surface area contributed by atoms with Crippen molar-refractivity contribution in [3.8, 4) is 0 Å². The number of hydrogen-bond acceptors (Lipinski definition) is 1. The van der Waals surface area contributed by atoms with Crippen molar-refractivity contribution in [1.29, 1.82) is 0 Å². The smallest absolute Gasteiger partial charge is 0.223 e. The second kappa shape index (κ2) is 6.08. The number of carbonyl (C=O) groups excluding carboxylic acids is 1. The zero-order valence-corrected chi connectivity index (χ0v) is 11.9. The van der Waals surface area contributed by atoms with E-state index in [9.17, 15) is 9.18 Å². The number of halogens is 1. The highest BCUT2D eigenvalue weighted by atomic mass is 19.1. The Morgan fingerprint density at radius 3 is 2.71 bits per heavy atom. The van der Waals surface area contributed by atoms with Crippen molar-refractivity contribution in [3.05, 3.63) is 71.0 Å². The van der Waals surface area contributed by atoms with E-state index in [4.69, 9.17) is 0 Å². The molecular weight excluding hydrogens is 265 g/mol. The molecule has 1 aliphatic heterocycles. The monoisotopic (exact) mass is 283 g/mol. The van der Waals surface area contributed by atoms with Gasteiger partial charge in [-0.3, -0.25) is 4.79 Å². The van der Waals surface area contributed by atoms with E-state index < -0.39 is 0 Å². The summed E-state index contributed by atoms with van der Waals surface area (Å²) >= 11 is 0. The fourth-order valence-electron chi connectivity index (χ4n) is 2.81. The lowest BCUT2D eigenvalue weighted by Gasteiger charge is -2.29. The maximum absolute atomic E-state index is 13.1. The Bertz CT molecular complexity index is 653. The van der Waals surface area contributed by atoms with Crippen LogP contribution < -0.4 is 0 Å². The average molecular weight is 283 g/mol. The van der Waals surface area contributed by atoms with E-state index in [1.165, 1.54) is 23.3 Å². The number of rotatable bonds is 3. The first-order valence-electron chi connectivity index (χ1n) is 7.31. The van der Waals surface area contributed by atoms with Gasteiger partial charge in [-0.1, -0.05) is 36.4 Å². The van der Waals surface area contributed by atoms with Gasteiger partial charge in [0.2, 0.25) is 5.91 Å². The molecule has 1 amide bonds. The van der Waals surface area contributed by atoms with Crippen molar-refractivity contribution >= 4 is 5.91 Å². The van der Waals surface area contributed by atoms with Gasteiger partial charge < -0.3 is 4.90 Å². The summed E-state index contributed by atoms with van der Waals surface area (Å²) in [6.45, 7) is 1.47. The quantitative estimate of drug-likeness (QED) is 0.846. The number of carbonyl (C=O) groups is 1. The topological polar surface area (TPSA) is 20.3 Å². The summed E-state index contributed by atoms with van der Waals surface area (Å²) in [7, 11) is 0. The molecule has 2 aromatic rings. The first-order chi connectivity index (χ1) is 10.2. The predicted octanol–water partition coefficient (Wildman–Crippen LogP) is 3.34. The maximum atomic E-state index is 13.1. The second-order valence-corrected chi connectivity index (χ2v) is 5.46. The van der Waals surface area contributed by atoms with Gasteiger partial charge in [0.05, 0.1) is 0 Å². The fraction of sp³-hybridized carbons (Fsp3) is 0.278. The van der Waals surface area contributed by atoms with E-state index in [0.29, 0.717) is 19.4 Å². The van der Waals surface area contributed by atoms with Gasteiger partial charge in [0.1, 0.15) is 5.82 Å². The Morgan fingerprint density at radius 2 is 1.90 bits per heavy atom. The van der Waals surface area contributed by atoms with Crippen LogP contribution in [0.2, 0.25) is 0 Å². The molecule has 108 valence electrons. The molecule has 3 rings (SSSR count). The molecule has 1 aliphatic rings. The minimum absolute atomic E-state index is 0.147. The van der Waals surface area contributed by atoms with Gasteiger partial charge in [0.25, 0.3) is 0 Å². The summed E-state index contributed by atoms with van der Waals surface area (Å²) in [5.74, 6) is -0.0967. The molecule has 2 aromatic carbocycles. The Hall–Kier alpha value is -2.16. The molecule has 0 radical (unpaired) electrons. The van der Waals surface area contributed by atoms with E-state index in [0.717, 1.165) is 18.5 Å². The normalized spacial score (nSPS) is 13.9. The van der Waals surface area contributed by atoms with Gasteiger partial charge in [-0.05, 0) is 41.7 Å². The molecular formula is C18H18FNO. The van der Waals surface area contributed by atoms with Crippen molar-refractivity contribution in [3.63, 3.8) is 0 Å². The molecule has 0 bridgehead atoms. The Morgan fingerprint density at radius 1 is 1.10 bits per heavy atom. The highest BCUT2D eigenvalue weighted by Crippen LogP contribution is 2.19. The molecule has 0 atom stereocenters. The second-order valence-electron chi connectivity index (χ2n) is 5.46. The largest absolute Gasteiger partial charge is 0.338 e. The van der Waals surface area contributed by atoms with Crippen LogP contribution in [-0.2, 0) is 24.2 Å². The van der Waals surface area contributed by atoms with Crippen molar-refractivity contribution in [2.45, 2.75) is 25.8 Å². The lowest BCUT2D eigenvalue weighted by Crippen LogP contribution is -2.36. The van der Waals surface area contributed by atoms with Crippen LogP contribution in [0.4, 0.5) is 4.39 Å². The Balaban J connectivity index is 1.59. The van der Waals surface area contributed by atoms with Crippen LogP contribution in [0.25, 0.3) is 0 Å².